The largest absolute Gasteiger partial charge is 0.411 e. The van der Waals surface area contributed by atoms with Crippen molar-refractivity contribution in [2.45, 2.75) is 186 Å². The predicted octanol–water partition coefficient (Wildman–Crippen LogP) is 7.68. The number of aliphatic hydroxyl groups excluding tert-OH is 4. The van der Waals surface area contributed by atoms with Crippen LogP contribution in [0.1, 0.15) is 162 Å². The lowest BCUT2D eigenvalue weighted by atomic mass is 10.4. The van der Waals surface area contributed by atoms with Crippen molar-refractivity contribution in [3.8, 4) is 0 Å². The molecule has 0 bridgehead atoms. The molecule has 6 aromatic rings. The molecule has 26 nitrogen and oxygen atoms in total. The first-order chi connectivity index (χ1) is 38.8. The number of hydrogen-bond donors (Lipinski definition) is 8. The molecule has 0 aliphatic rings. The molecule has 0 saturated carbocycles. The van der Waals surface area contributed by atoms with Crippen LogP contribution in [0.2, 0.25) is 36.3 Å². The first kappa shape index (κ1) is 72.8. The van der Waals surface area contributed by atoms with E-state index in [0.29, 0.717) is 92.7 Å². The van der Waals surface area contributed by atoms with Crippen LogP contribution in [-0.2, 0) is 82.9 Å². The van der Waals surface area contributed by atoms with Gasteiger partial charge in [-0.05, 0) is 64.0 Å². The van der Waals surface area contributed by atoms with Crippen molar-refractivity contribution in [1.82, 2.24) is 58.6 Å². The van der Waals surface area contributed by atoms with E-state index in [1.54, 1.807) is 34.8 Å². The number of rotatable bonds is 29. The van der Waals surface area contributed by atoms with Crippen molar-refractivity contribution in [2.75, 3.05) is 19.8 Å². The van der Waals surface area contributed by atoms with Crippen LogP contribution in [0.5, 0.6) is 0 Å². The molecule has 28 heteroatoms. The van der Waals surface area contributed by atoms with Crippen LogP contribution in [0.3, 0.4) is 0 Å². The first-order valence-corrected chi connectivity index (χ1v) is 32.2. The second-order valence-electron chi connectivity index (χ2n) is 17.9. The third-order valence-electron chi connectivity index (χ3n) is 12.5. The minimum absolute atomic E-state index is 0.0417. The topological polar surface area (TPSA) is 350 Å². The van der Waals surface area contributed by atoms with Crippen LogP contribution in [0.4, 0.5) is 0 Å². The third-order valence-corrected chi connectivity index (χ3v) is 21.8. The van der Waals surface area contributed by atoms with E-state index in [0.717, 1.165) is 41.8 Å². The molecule has 0 unspecified atom stereocenters. The standard InChI is InChI=1S/C15H28N2O3Si.C13H26N2O2Si.C9H14N2O3.C6H9N3O2.C6H8N2O2.C4H6N2O/c1-6-19-12-17-10-14(16-15(17)13(5)18)11-20-21(7-2,8-3)9-4;1-5-16-12-15-9-13(14-11-15)10-17-18(6-2,7-3)8-4;1-3-14-6-11-4-8(5-12)10-9(11)7(2)13;1-4(9-11)6-7-2-5(3-10)8-6;1-4(10)6-7-2-5(3-9)8-6;7-2-4-1-5-3-6-4/h10H,6-9,11-12H2,1-5H3;9,11H,5-8,10,12H2,1-4H3;4,12H,3,5-6H2,1-2H3;2,10-11H,3H2,1H3,(H,7,8);2,9H,3H2,1H3,(H,7,8);1,3,7H,2H2,(H,5,6)/b;;;9-4+;;. The Labute approximate surface area is 478 Å². The number of ether oxygens (including phenoxy) is 3. The number of Topliss-reactive ketones (excluding diaryl/α,β-unsaturated/α-hetero) is 3. The fourth-order valence-corrected chi connectivity index (χ4v) is 12.3. The summed E-state index contributed by atoms with van der Waals surface area (Å²) in [7, 11) is -3.12. The highest BCUT2D eigenvalue weighted by molar-refractivity contribution is 6.73. The van der Waals surface area contributed by atoms with E-state index in [-0.39, 0.29) is 43.8 Å². The van der Waals surface area contributed by atoms with Crippen molar-refractivity contribution in [3.05, 3.63) is 107 Å². The molecule has 0 amide bonds. The zero-order valence-electron chi connectivity index (χ0n) is 49.8. The number of imidazole rings is 6. The number of oxime groups is 1. The molecule has 6 aromatic heterocycles. The molecule has 0 aliphatic carbocycles. The maximum atomic E-state index is 11.6. The van der Waals surface area contributed by atoms with Gasteiger partial charge in [0.05, 0.1) is 105 Å². The van der Waals surface area contributed by atoms with Crippen LogP contribution in [0.15, 0.2) is 55.0 Å². The summed E-state index contributed by atoms with van der Waals surface area (Å²) >= 11 is 0. The summed E-state index contributed by atoms with van der Waals surface area (Å²) in [6.07, 6.45) is 13.3. The van der Waals surface area contributed by atoms with E-state index in [1.165, 1.54) is 57.6 Å². The van der Waals surface area contributed by atoms with Gasteiger partial charge in [0.2, 0.25) is 0 Å². The van der Waals surface area contributed by atoms with Crippen molar-refractivity contribution in [2.24, 2.45) is 5.16 Å². The molecule has 6 rings (SSSR count). The van der Waals surface area contributed by atoms with Crippen LogP contribution >= 0.6 is 0 Å². The maximum absolute atomic E-state index is 11.6. The van der Waals surface area contributed by atoms with E-state index >= 15 is 0 Å². The average Bonchev–Trinajstić information content (AvgIpc) is 4.41. The van der Waals surface area contributed by atoms with Gasteiger partial charge in [0, 0.05) is 59.2 Å². The molecule has 0 aromatic carbocycles. The van der Waals surface area contributed by atoms with Gasteiger partial charge in [0.25, 0.3) is 0 Å². The van der Waals surface area contributed by atoms with Gasteiger partial charge in [-0.1, -0.05) is 46.7 Å². The molecular weight excluding hydrogens is 1080 g/mol. The molecule has 0 spiro atoms. The SMILES string of the molecule is C/C(=N\O)c1ncc(CO)[nH]1.CC(=O)c1ncc(CO)[nH]1.CCOCn1cc(CO)nc1C(C)=O.CCOCn1cc(CO[Si](CC)(CC)CC)nc1C(C)=O.CCOCn1cnc(CO[Si](CC)(CC)CC)c1.OCc1cnc[nH]1. The number of hydrogen-bond acceptors (Lipinski definition) is 20. The molecular formula is C53H91N13O13Si2. The van der Waals surface area contributed by atoms with Gasteiger partial charge in [-0.15, -0.1) is 0 Å². The molecule has 0 atom stereocenters. The summed E-state index contributed by atoms with van der Waals surface area (Å²) < 4.78 is 33.6. The summed E-state index contributed by atoms with van der Waals surface area (Å²) in [6, 6.07) is 6.87. The fourth-order valence-electron chi connectivity index (χ4n) is 7.20. The fraction of sp³-hybridized carbons (Fsp3) is 0.585. The summed E-state index contributed by atoms with van der Waals surface area (Å²) in [4.78, 5) is 65.5. The third kappa shape index (κ3) is 26.5. The van der Waals surface area contributed by atoms with Crippen LogP contribution < -0.4 is 0 Å². The number of aliphatic hydroxyl groups is 4. The van der Waals surface area contributed by atoms with Gasteiger partial charge in [-0.2, -0.15) is 0 Å². The Kier molecular flexibility index (Phi) is 36.8. The van der Waals surface area contributed by atoms with Crippen molar-refractivity contribution in [3.63, 3.8) is 0 Å². The first-order valence-electron chi connectivity index (χ1n) is 27.2. The van der Waals surface area contributed by atoms with Crippen LogP contribution in [0.25, 0.3) is 0 Å². The Morgan fingerprint density at radius 3 is 1.36 bits per heavy atom. The number of carbonyl (C=O) groups excluding carboxylic acids is 3. The van der Waals surface area contributed by atoms with Gasteiger partial charge in [0.1, 0.15) is 25.9 Å². The highest BCUT2D eigenvalue weighted by Gasteiger charge is 2.30. The molecule has 8 N–H and O–H groups in total. The smallest absolute Gasteiger partial charge is 0.195 e. The van der Waals surface area contributed by atoms with Crippen molar-refractivity contribution >= 4 is 39.7 Å². The monoisotopic (exact) mass is 1170 g/mol. The molecule has 0 radical (unpaired) electrons. The van der Waals surface area contributed by atoms with Gasteiger partial charge in [0.15, 0.2) is 57.3 Å². The summed E-state index contributed by atoms with van der Waals surface area (Å²) in [5, 5.41) is 45.7. The lowest BCUT2D eigenvalue weighted by Gasteiger charge is -2.27. The van der Waals surface area contributed by atoms with E-state index in [1.807, 2.05) is 37.7 Å². The summed E-state index contributed by atoms with van der Waals surface area (Å²) in [5.74, 6) is 1.22. The van der Waals surface area contributed by atoms with E-state index in [2.05, 4.69) is 91.6 Å². The number of aromatic amines is 3. The number of nitrogens with zero attached hydrogens (tertiary/aromatic N) is 10. The summed E-state index contributed by atoms with van der Waals surface area (Å²) in [6.45, 7) is 29.0. The minimum atomic E-state index is -1.63. The highest BCUT2D eigenvalue weighted by atomic mass is 28.4. The van der Waals surface area contributed by atoms with Crippen LogP contribution in [-0.4, -0.2) is 144 Å². The predicted molar refractivity (Wildman–Crippen MR) is 309 cm³/mol. The van der Waals surface area contributed by atoms with Gasteiger partial charge in [-0.3, -0.25) is 14.4 Å². The number of ketones is 3. The van der Waals surface area contributed by atoms with Crippen molar-refractivity contribution < 1.29 is 63.1 Å². The zero-order valence-corrected chi connectivity index (χ0v) is 51.8. The normalized spacial score (nSPS) is 11.2. The van der Waals surface area contributed by atoms with E-state index < -0.39 is 16.6 Å². The van der Waals surface area contributed by atoms with Crippen molar-refractivity contribution in [1.29, 1.82) is 0 Å². The second-order valence-corrected chi connectivity index (χ2v) is 27.5. The molecule has 454 valence electrons. The molecule has 0 fully saturated rings. The summed E-state index contributed by atoms with van der Waals surface area (Å²) in [5.41, 5.74) is 4.60. The number of aromatic nitrogens is 12. The molecule has 6 heterocycles. The number of H-pyrrole nitrogens is 3. The number of nitrogens with one attached hydrogen (secondary N) is 3. The molecule has 81 heavy (non-hydrogen) atoms. The Balaban J connectivity index is 0.000000501. The quantitative estimate of drug-likeness (QED) is 0.00733. The van der Waals surface area contributed by atoms with E-state index in [4.69, 9.17) is 48.7 Å². The Bertz CT molecular complexity index is 2640. The maximum Gasteiger partial charge on any atom is 0.195 e. The molecule has 0 saturated heterocycles. The highest BCUT2D eigenvalue weighted by Crippen LogP contribution is 2.24. The lowest BCUT2D eigenvalue weighted by Crippen LogP contribution is -2.35. The zero-order chi connectivity index (χ0) is 60.8. The second kappa shape index (κ2) is 40.9. The number of carbonyl (C=O) groups is 3. The van der Waals surface area contributed by atoms with Crippen LogP contribution in [0, 0.1) is 0 Å². The average molecular weight is 1170 g/mol. The Morgan fingerprint density at radius 2 is 0.988 bits per heavy atom. The van der Waals surface area contributed by atoms with Gasteiger partial charge < -0.3 is 77.3 Å². The molecule has 0 aliphatic heterocycles. The van der Waals surface area contributed by atoms with Gasteiger partial charge >= 0.3 is 0 Å². The lowest BCUT2D eigenvalue weighted by molar-refractivity contribution is 0.0809. The Morgan fingerprint density at radius 1 is 0.543 bits per heavy atom. The van der Waals surface area contributed by atoms with E-state index in [9.17, 15) is 14.4 Å². The van der Waals surface area contributed by atoms with Gasteiger partial charge in [-0.25, -0.2) is 29.9 Å². The Hall–Kier alpha value is -6.19. The minimum Gasteiger partial charge on any atom is -0.411 e.